The quantitative estimate of drug-likeness (QED) is 0.836. The highest BCUT2D eigenvalue weighted by molar-refractivity contribution is 7.89. The lowest BCUT2D eigenvalue weighted by Gasteiger charge is -2.21. The van der Waals surface area contributed by atoms with Crippen LogP contribution in [0.3, 0.4) is 0 Å². The van der Waals surface area contributed by atoms with Gasteiger partial charge in [0.05, 0.1) is 12.5 Å². The maximum absolute atomic E-state index is 12.6. The van der Waals surface area contributed by atoms with Crippen molar-refractivity contribution in [2.24, 2.45) is 0 Å². The highest BCUT2D eigenvalue weighted by Crippen LogP contribution is 2.27. The molecule has 0 saturated heterocycles. The minimum atomic E-state index is -3.67. The van der Waals surface area contributed by atoms with E-state index in [0.29, 0.717) is 16.6 Å². The summed E-state index contributed by atoms with van der Waals surface area (Å²) in [7, 11) is -2.19. The van der Waals surface area contributed by atoms with E-state index >= 15 is 0 Å². The Hall–Kier alpha value is -2.04. The maximum atomic E-state index is 12.6. The van der Waals surface area contributed by atoms with Crippen LogP contribution in [0.15, 0.2) is 29.3 Å². The molecule has 1 aromatic carbocycles. The van der Waals surface area contributed by atoms with Crippen LogP contribution in [-0.4, -0.2) is 30.8 Å². The number of fused-ring (bicyclic) bond motifs is 1. The van der Waals surface area contributed by atoms with Gasteiger partial charge in [-0.2, -0.15) is 9.57 Å². The minimum absolute atomic E-state index is 0.139. The Morgan fingerprint density at radius 3 is 2.85 bits per heavy atom. The molecule has 20 heavy (non-hydrogen) atoms. The van der Waals surface area contributed by atoms with Gasteiger partial charge in [-0.15, -0.1) is 0 Å². The minimum Gasteiger partial charge on any atom is -0.399 e. The normalized spacial score (nSPS) is 13.5. The number of nitriles is 1. The predicted molar refractivity (Wildman–Crippen MR) is 77.4 cm³/mol. The van der Waals surface area contributed by atoms with Gasteiger partial charge in [-0.25, -0.2) is 8.42 Å². The Kier molecular flexibility index (Phi) is 3.70. The van der Waals surface area contributed by atoms with Crippen LogP contribution in [0, 0.1) is 11.3 Å². The van der Waals surface area contributed by atoms with Crippen molar-refractivity contribution in [3.63, 3.8) is 0 Å². The molecule has 0 amide bonds. The Morgan fingerprint density at radius 1 is 1.50 bits per heavy atom. The first-order valence-corrected chi connectivity index (χ1v) is 7.53. The van der Waals surface area contributed by atoms with Gasteiger partial charge in [0, 0.05) is 35.9 Å². The fourth-order valence-electron chi connectivity index (χ4n) is 1.98. The average Bonchev–Trinajstić information content (AvgIpc) is 2.81. The third-order valence-corrected chi connectivity index (χ3v) is 5.34. The summed E-state index contributed by atoms with van der Waals surface area (Å²) in [6.07, 6.45) is 1.59. The third-order valence-electron chi connectivity index (χ3n) is 3.33. The first kappa shape index (κ1) is 14.4. The predicted octanol–water partition coefficient (Wildman–Crippen LogP) is 1.67. The number of H-pyrrole nitrogens is 1. The number of nitrogens with one attached hydrogen (secondary N) is 1. The van der Waals surface area contributed by atoms with E-state index in [4.69, 9.17) is 11.0 Å². The van der Waals surface area contributed by atoms with Crippen molar-refractivity contribution in [1.82, 2.24) is 9.29 Å². The highest BCUT2D eigenvalue weighted by atomic mass is 32.2. The number of nitrogen functional groups attached to an aromatic ring is 1. The van der Waals surface area contributed by atoms with Crippen molar-refractivity contribution in [2.75, 3.05) is 12.8 Å². The molecule has 3 N–H and O–H groups in total. The molecule has 1 unspecified atom stereocenters. The second kappa shape index (κ2) is 5.15. The Bertz CT molecular complexity index is 773. The average molecular weight is 292 g/mol. The van der Waals surface area contributed by atoms with Gasteiger partial charge < -0.3 is 10.7 Å². The second-order valence-corrected chi connectivity index (χ2v) is 6.66. The van der Waals surface area contributed by atoms with Crippen molar-refractivity contribution in [3.05, 3.63) is 24.4 Å². The number of benzene rings is 1. The first-order chi connectivity index (χ1) is 9.37. The van der Waals surface area contributed by atoms with Crippen molar-refractivity contribution < 1.29 is 8.42 Å². The summed E-state index contributed by atoms with van der Waals surface area (Å²) in [5.41, 5.74) is 6.92. The van der Waals surface area contributed by atoms with E-state index in [9.17, 15) is 8.42 Å². The van der Waals surface area contributed by atoms with Gasteiger partial charge in [0.25, 0.3) is 0 Å². The van der Waals surface area contributed by atoms with Crippen LogP contribution < -0.4 is 5.73 Å². The monoisotopic (exact) mass is 292 g/mol. The molecule has 2 aromatic rings. The van der Waals surface area contributed by atoms with E-state index in [0.717, 1.165) is 0 Å². The number of rotatable bonds is 4. The topological polar surface area (TPSA) is 103 Å². The molecule has 0 bridgehead atoms. The van der Waals surface area contributed by atoms with E-state index in [1.165, 1.54) is 17.5 Å². The van der Waals surface area contributed by atoms with Crippen LogP contribution in [0.4, 0.5) is 5.69 Å². The SMILES string of the molecule is CC(CC#N)N(C)S(=O)(=O)c1c[nH]c2ccc(N)cc12. The smallest absolute Gasteiger partial charge is 0.245 e. The van der Waals surface area contributed by atoms with Crippen LogP contribution in [0.1, 0.15) is 13.3 Å². The lowest BCUT2D eigenvalue weighted by molar-refractivity contribution is 0.393. The van der Waals surface area contributed by atoms with Crippen molar-refractivity contribution in [1.29, 1.82) is 5.26 Å². The highest BCUT2D eigenvalue weighted by Gasteiger charge is 2.27. The van der Waals surface area contributed by atoms with Gasteiger partial charge in [-0.1, -0.05) is 0 Å². The third kappa shape index (κ3) is 2.35. The van der Waals surface area contributed by atoms with E-state index in [1.54, 1.807) is 25.1 Å². The molecule has 1 aromatic heterocycles. The van der Waals surface area contributed by atoms with Gasteiger partial charge in [0.1, 0.15) is 4.90 Å². The van der Waals surface area contributed by atoms with Crippen LogP contribution >= 0.6 is 0 Å². The van der Waals surface area contributed by atoms with Gasteiger partial charge in [-0.05, 0) is 25.1 Å². The summed E-state index contributed by atoms with van der Waals surface area (Å²) in [4.78, 5) is 3.09. The van der Waals surface area contributed by atoms with Crippen LogP contribution in [-0.2, 0) is 10.0 Å². The van der Waals surface area contributed by atoms with E-state index in [-0.39, 0.29) is 11.3 Å². The number of hydrogen-bond acceptors (Lipinski definition) is 4. The molecule has 7 heteroatoms. The summed E-state index contributed by atoms with van der Waals surface area (Å²) in [6.45, 7) is 1.70. The largest absolute Gasteiger partial charge is 0.399 e. The molecular formula is C13H16N4O2S. The molecule has 0 radical (unpaired) electrons. The molecule has 0 saturated carbocycles. The molecule has 0 aliphatic carbocycles. The van der Waals surface area contributed by atoms with Gasteiger partial charge in [-0.3, -0.25) is 0 Å². The number of sulfonamides is 1. The number of nitrogens with zero attached hydrogens (tertiary/aromatic N) is 2. The zero-order valence-electron chi connectivity index (χ0n) is 11.3. The Morgan fingerprint density at radius 2 is 2.20 bits per heavy atom. The molecule has 2 rings (SSSR count). The molecule has 0 fully saturated rings. The molecule has 6 nitrogen and oxygen atoms in total. The second-order valence-electron chi connectivity index (χ2n) is 4.69. The maximum Gasteiger partial charge on any atom is 0.245 e. The molecular weight excluding hydrogens is 276 g/mol. The lowest BCUT2D eigenvalue weighted by atomic mass is 10.2. The number of aromatic amines is 1. The molecule has 0 aliphatic heterocycles. The van der Waals surface area contributed by atoms with E-state index < -0.39 is 16.1 Å². The van der Waals surface area contributed by atoms with Gasteiger partial charge in [0.2, 0.25) is 10.0 Å². The summed E-state index contributed by atoms with van der Waals surface area (Å²) in [5, 5.41) is 9.25. The number of aromatic nitrogens is 1. The molecule has 1 heterocycles. The summed E-state index contributed by atoms with van der Waals surface area (Å²) < 4.78 is 26.4. The van der Waals surface area contributed by atoms with Crippen molar-refractivity contribution in [3.8, 4) is 6.07 Å². The summed E-state index contributed by atoms with van der Waals surface area (Å²) in [6, 6.07) is 6.66. The summed E-state index contributed by atoms with van der Waals surface area (Å²) >= 11 is 0. The Labute approximate surface area is 117 Å². The molecule has 106 valence electrons. The molecule has 0 spiro atoms. The van der Waals surface area contributed by atoms with Crippen LogP contribution in [0.25, 0.3) is 10.9 Å². The number of nitrogens with two attached hydrogens (primary N) is 1. The Balaban J connectivity index is 2.52. The standard InChI is InChI=1S/C13H16N4O2S/c1-9(5-6-14)17(2)20(18,19)13-8-16-12-4-3-10(15)7-11(12)13/h3-4,7-9,16H,5,15H2,1-2H3. The number of anilines is 1. The van der Waals surface area contributed by atoms with E-state index in [2.05, 4.69) is 4.98 Å². The van der Waals surface area contributed by atoms with Gasteiger partial charge >= 0.3 is 0 Å². The zero-order valence-corrected chi connectivity index (χ0v) is 12.1. The molecule has 1 atom stereocenters. The molecule has 0 aliphatic rings. The fourth-order valence-corrected chi connectivity index (χ4v) is 3.49. The van der Waals surface area contributed by atoms with Crippen LogP contribution in [0.2, 0.25) is 0 Å². The fraction of sp³-hybridized carbons (Fsp3) is 0.308. The van der Waals surface area contributed by atoms with Crippen molar-refractivity contribution >= 4 is 26.6 Å². The lowest BCUT2D eigenvalue weighted by Crippen LogP contribution is -2.34. The van der Waals surface area contributed by atoms with Crippen molar-refractivity contribution in [2.45, 2.75) is 24.3 Å². The number of hydrogen-bond donors (Lipinski definition) is 2. The first-order valence-electron chi connectivity index (χ1n) is 6.09. The summed E-state index contributed by atoms with van der Waals surface area (Å²) in [5.74, 6) is 0. The van der Waals surface area contributed by atoms with Crippen LogP contribution in [0.5, 0.6) is 0 Å². The van der Waals surface area contributed by atoms with E-state index in [1.807, 2.05) is 6.07 Å². The van der Waals surface area contributed by atoms with Gasteiger partial charge in [0.15, 0.2) is 0 Å². The zero-order chi connectivity index (χ0) is 14.9.